The van der Waals surface area contributed by atoms with E-state index in [9.17, 15) is 9.59 Å². The number of benzene rings is 1. The first-order valence-corrected chi connectivity index (χ1v) is 9.00. The molecule has 0 aromatic heterocycles. The first kappa shape index (κ1) is 18.5. The Kier molecular flexibility index (Phi) is 6.79. The Bertz CT molecular complexity index is 550. The van der Waals surface area contributed by atoms with Gasteiger partial charge in [0.25, 0.3) is 5.91 Å². The highest BCUT2D eigenvalue weighted by Crippen LogP contribution is 2.17. The lowest BCUT2D eigenvalue weighted by molar-refractivity contribution is -0.917. The molecule has 3 N–H and O–H groups in total. The summed E-state index contributed by atoms with van der Waals surface area (Å²) in [6.45, 7) is 8.10. The van der Waals surface area contributed by atoms with E-state index in [2.05, 4.69) is 48.7 Å². The van der Waals surface area contributed by atoms with Gasteiger partial charge < -0.3 is 10.2 Å². The number of nitrogens with one attached hydrogen (secondary N) is 3. The van der Waals surface area contributed by atoms with Crippen molar-refractivity contribution in [1.82, 2.24) is 10.6 Å². The number of urea groups is 1. The Hall–Kier alpha value is -1.88. The molecule has 0 heterocycles. The molecule has 1 unspecified atom stereocenters. The summed E-state index contributed by atoms with van der Waals surface area (Å²) < 4.78 is 0. The molecule has 132 valence electrons. The minimum Gasteiger partial charge on any atom is -0.338 e. The lowest BCUT2D eigenvalue weighted by atomic mass is 10.0. The van der Waals surface area contributed by atoms with Crippen molar-refractivity contribution < 1.29 is 14.5 Å². The number of hydrogen-bond donors (Lipinski definition) is 3. The van der Waals surface area contributed by atoms with E-state index in [1.165, 1.54) is 16.0 Å². The Morgan fingerprint density at radius 2 is 1.88 bits per heavy atom. The van der Waals surface area contributed by atoms with E-state index in [0.29, 0.717) is 25.0 Å². The number of hydrogen-bond acceptors (Lipinski definition) is 2. The van der Waals surface area contributed by atoms with Crippen molar-refractivity contribution >= 4 is 11.9 Å². The molecule has 1 aliphatic rings. The molecule has 1 aromatic carbocycles. The minimum atomic E-state index is -0.390. The van der Waals surface area contributed by atoms with Crippen LogP contribution >= 0.6 is 0 Å². The fraction of sp³-hybridized carbons (Fsp3) is 0.579. The SMILES string of the molecule is CCCNC(=O)NC(=O)C[NH+](Cc1ccc(C(C)C)cc1)C1CC1. The number of carbonyl (C=O) groups is 2. The molecule has 0 saturated heterocycles. The lowest BCUT2D eigenvalue weighted by Crippen LogP contribution is -3.13. The third-order valence-corrected chi connectivity index (χ3v) is 4.41. The zero-order valence-corrected chi connectivity index (χ0v) is 15.0. The van der Waals surface area contributed by atoms with E-state index in [0.717, 1.165) is 25.8 Å². The van der Waals surface area contributed by atoms with Crippen LogP contribution in [0.3, 0.4) is 0 Å². The smallest absolute Gasteiger partial charge is 0.321 e. The number of amides is 3. The highest BCUT2D eigenvalue weighted by atomic mass is 16.2. The van der Waals surface area contributed by atoms with E-state index in [-0.39, 0.29) is 5.91 Å². The summed E-state index contributed by atoms with van der Waals surface area (Å²) >= 11 is 0. The fourth-order valence-corrected chi connectivity index (χ4v) is 2.79. The molecule has 1 aliphatic carbocycles. The molecule has 0 spiro atoms. The summed E-state index contributed by atoms with van der Waals surface area (Å²) in [7, 11) is 0. The average molecular weight is 332 g/mol. The quantitative estimate of drug-likeness (QED) is 0.677. The molecule has 1 saturated carbocycles. The fourth-order valence-electron chi connectivity index (χ4n) is 2.79. The number of quaternary nitrogens is 1. The first-order valence-electron chi connectivity index (χ1n) is 9.00. The monoisotopic (exact) mass is 332 g/mol. The number of rotatable bonds is 8. The third-order valence-electron chi connectivity index (χ3n) is 4.41. The van der Waals surface area contributed by atoms with Gasteiger partial charge in [-0.05, 0) is 17.9 Å². The van der Waals surface area contributed by atoms with E-state index < -0.39 is 6.03 Å². The van der Waals surface area contributed by atoms with Crippen LogP contribution in [0.2, 0.25) is 0 Å². The zero-order valence-electron chi connectivity index (χ0n) is 15.0. The Labute approximate surface area is 144 Å². The van der Waals surface area contributed by atoms with Gasteiger partial charge in [-0.2, -0.15) is 0 Å². The van der Waals surface area contributed by atoms with Crippen LogP contribution in [0.15, 0.2) is 24.3 Å². The molecule has 24 heavy (non-hydrogen) atoms. The van der Waals surface area contributed by atoms with E-state index in [4.69, 9.17) is 0 Å². The molecular formula is C19H30N3O2+. The van der Waals surface area contributed by atoms with Crippen molar-refractivity contribution in [2.45, 2.75) is 58.5 Å². The average Bonchev–Trinajstić information content (AvgIpc) is 3.37. The summed E-state index contributed by atoms with van der Waals surface area (Å²) in [5.74, 6) is 0.322. The normalized spacial score (nSPS) is 15.2. The van der Waals surface area contributed by atoms with Gasteiger partial charge >= 0.3 is 6.03 Å². The molecule has 0 radical (unpaired) electrons. The van der Waals surface area contributed by atoms with Gasteiger partial charge in [-0.3, -0.25) is 10.1 Å². The molecule has 1 aromatic rings. The van der Waals surface area contributed by atoms with Gasteiger partial charge in [0.1, 0.15) is 6.54 Å². The Morgan fingerprint density at radius 3 is 2.42 bits per heavy atom. The van der Waals surface area contributed by atoms with Crippen molar-refractivity contribution in [3.63, 3.8) is 0 Å². The number of imide groups is 1. The van der Waals surface area contributed by atoms with Crippen molar-refractivity contribution in [2.24, 2.45) is 0 Å². The van der Waals surface area contributed by atoms with Crippen molar-refractivity contribution in [2.75, 3.05) is 13.1 Å². The molecule has 0 bridgehead atoms. The van der Waals surface area contributed by atoms with Crippen LogP contribution in [0.4, 0.5) is 4.79 Å². The maximum absolute atomic E-state index is 12.1. The second kappa shape index (κ2) is 8.83. The standard InChI is InChI=1S/C19H29N3O2/c1-4-11-20-19(24)21-18(23)13-22(17-9-10-17)12-15-5-7-16(8-6-15)14(2)3/h5-8,14,17H,4,9-13H2,1-3H3,(H2,20,21,23,24)/p+1. The summed E-state index contributed by atoms with van der Waals surface area (Å²) in [6, 6.07) is 8.80. The van der Waals surface area contributed by atoms with Crippen LogP contribution in [0.25, 0.3) is 0 Å². The molecule has 5 heteroatoms. The molecule has 0 aliphatic heterocycles. The van der Waals surface area contributed by atoms with E-state index in [1.807, 2.05) is 6.92 Å². The summed E-state index contributed by atoms with van der Waals surface area (Å²) in [5.41, 5.74) is 2.57. The van der Waals surface area contributed by atoms with Gasteiger partial charge in [0, 0.05) is 24.9 Å². The third kappa shape index (κ3) is 5.96. The Balaban J connectivity index is 1.87. The summed E-state index contributed by atoms with van der Waals surface area (Å²) in [4.78, 5) is 24.9. The molecule has 2 rings (SSSR count). The second-order valence-corrected chi connectivity index (χ2v) is 6.99. The predicted octanol–water partition coefficient (Wildman–Crippen LogP) is 1.59. The van der Waals surface area contributed by atoms with E-state index in [1.54, 1.807) is 0 Å². The second-order valence-electron chi connectivity index (χ2n) is 6.99. The zero-order chi connectivity index (χ0) is 17.5. The van der Waals surface area contributed by atoms with Gasteiger partial charge in [-0.15, -0.1) is 0 Å². The highest BCUT2D eigenvalue weighted by molar-refractivity contribution is 5.94. The topological polar surface area (TPSA) is 62.6 Å². The molecular weight excluding hydrogens is 302 g/mol. The summed E-state index contributed by atoms with van der Waals surface area (Å²) in [6.07, 6.45) is 3.18. The first-order chi connectivity index (χ1) is 11.5. The van der Waals surface area contributed by atoms with Crippen LogP contribution in [-0.2, 0) is 11.3 Å². The molecule has 3 amide bonds. The van der Waals surface area contributed by atoms with Crippen LogP contribution in [0.1, 0.15) is 57.1 Å². The van der Waals surface area contributed by atoms with Crippen LogP contribution in [0.5, 0.6) is 0 Å². The van der Waals surface area contributed by atoms with Gasteiger partial charge in [0.15, 0.2) is 6.54 Å². The Morgan fingerprint density at radius 1 is 1.21 bits per heavy atom. The minimum absolute atomic E-state index is 0.204. The maximum atomic E-state index is 12.1. The molecule has 5 nitrogen and oxygen atoms in total. The predicted molar refractivity (Wildman–Crippen MR) is 94.9 cm³/mol. The van der Waals surface area contributed by atoms with Gasteiger partial charge in [-0.25, -0.2) is 4.79 Å². The highest BCUT2D eigenvalue weighted by Gasteiger charge is 2.34. The van der Waals surface area contributed by atoms with Crippen molar-refractivity contribution in [3.8, 4) is 0 Å². The van der Waals surface area contributed by atoms with Crippen LogP contribution < -0.4 is 15.5 Å². The van der Waals surface area contributed by atoms with Crippen molar-refractivity contribution in [1.29, 1.82) is 0 Å². The molecule has 1 fully saturated rings. The van der Waals surface area contributed by atoms with Gasteiger partial charge in [0.05, 0.1) is 6.04 Å². The van der Waals surface area contributed by atoms with Gasteiger partial charge in [0.2, 0.25) is 0 Å². The van der Waals surface area contributed by atoms with Crippen molar-refractivity contribution in [3.05, 3.63) is 35.4 Å². The lowest BCUT2D eigenvalue weighted by Gasteiger charge is -2.19. The number of carbonyl (C=O) groups excluding carboxylic acids is 2. The molecule has 1 atom stereocenters. The van der Waals surface area contributed by atoms with Crippen LogP contribution in [-0.4, -0.2) is 31.1 Å². The van der Waals surface area contributed by atoms with Crippen LogP contribution in [0, 0.1) is 0 Å². The summed E-state index contributed by atoms with van der Waals surface area (Å²) in [5, 5.41) is 5.10. The van der Waals surface area contributed by atoms with E-state index >= 15 is 0 Å². The van der Waals surface area contributed by atoms with Gasteiger partial charge in [-0.1, -0.05) is 45.0 Å². The maximum Gasteiger partial charge on any atom is 0.321 e. The largest absolute Gasteiger partial charge is 0.338 e.